The van der Waals surface area contributed by atoms with Gasteiger partial charge in [-0.1, -0.05) is 0 Å². The minimum absolute atomic E-state index is 0.0132. The van der Waals surface area contributed by atoms with Gasteiger partial charge in [-0.3, -0.25) is 5.10 Å². The molecule has 1 atom stereocenters. The Labute approximate surface area is 118 Å². The van der Waals surface area contributed by atoms with Crippen LogP contribution in [0.1, 0.15) is 24.8 Å². The van der Waals surface area contributed by atoms with Crippen molar-refractivity contribution in [2.45, 2.75) is 43.0 Å². The molecule has 8 heteroatoms. The minimum Gasteiger partial charge on any atom is -0.380 e. The number of nitrogens with zero attached hydrogens (tertiary/aromatic N) is 2. The lowest BCUT2D eigenvalue weighted by atomic mass is 10.3. The maximum Gasteiger partial charge on any atom is 0.260 e. The van der Waals surface area contributed by atoms with Crippen LogP contribution in [0.2, 0.25) is 0 Å². The van der Waals surface area contributed by atoms with Gasteiger partial charge in [0.05, 0.1) is 12.3 Å². The topological polar surface area (TPSA) is 87.3 Å². The van der Waals surface area contributed by atoms with Gasteiger partial charge in [0, 0.05) is 38.3 Å². The summed E-state index contributed by atoms with van der Waals surface area (Å²) in [6, 6.07) is 0.533. The molecule has 1 saturated carbocycles. The number of aromatic amines is 1. The average molecular weight is 300 g/mol. The molecule has 1 aliphatic carbocycles. The molecule has 20 heavy (non-hydrogen) atoms. The first-order valence-corrected chi connectivity index (χ1v) is 8.34. The highest BCUT2D eigenvalue weighted by molar-refractivity contribution is 7.89. The molecule has 1 saturated heterocycles. The smallest absolute Gasteiger partial charge is 0.260 e. The van der Waals surface area contributed by atoms with Crippen molar-refractivity contribution in [3.8, 4) is 0 Å². The van der Waals surface area contributed by atoms with Gasteiger partial charge in [0.25, 0.3) is 10.0 Å². The van der Waals surface area contributed by atoms with Gasteiger partial charge in [0.2, 0.25) is 0 Å². The van der Waals surface area contributed by atoms with Crippen molar-refractivity contribution in [1.82, 2.24) is 19.8 Å². The largest absolute Gasteiger partial charge is 0.380 e. The van der Waals surface area contributed by atoms with Crippen molar-refractivity contribution in [2.24, 2.45) is 0 Å². The zero-order valence-corrected chi connectivity index (χ0v) is 12.3. The Morgan fingerprint density at radius 1 is 1.50 bits per heavy atom. The molecule has 2 heterocycles. The van der Waals surface area contributed by atoms with E-state index >= 15 is 0 Å². The van der Waals surface area contributed by atoms with Gasteiger partial charge in [-0.25, -0.2) is 8.42 Å². The van der Waals surface area contributed by atoms with Crippen molar-refractivity contribution in [1.29, 1.82) is 0 Å². The number of hydrogen-bond donors (Lipinski definition) is 2. The van der Waals surface area contributed by atoms with Crippen molar-refractivity contribution < 1.29 is 13.2 Å². The van der Waals surface area contributed by atoms with Gasteiger partial charge < -0.3 is 10.1 Å². The van der Waals surface area contributed by atoms with Crippen molar-refractivity contribution in [3.63, 3.8) is 0 Å². The summed E-state index contributed by atoms with van der Waals surface area (Å²) in [6.07, 6.45) is 4.65. The molecule has 1 aromatic rings. The van der Waals surface area contributed by atoms with Crippen LogP contribution in [0.15, 0.2) is 11.2 Å². The van der Waals surface area contributed by atoms with Gasteiger partial charge in [-0.15, -0.1) is 0 Å². The number of sulfonamides is 1. The van der Waals surface area contributed by atoms with Gasteiger partial charge >= 0.3 is 0 Å². The highest BCUT2D eigenvalue weighted by atomic mass is 32.2. The Hall–Kier alpha value is -0.960. The summed E-state index contributed by atoms with van der Waals surface area (Å²) >= 11 is 0. The predicted octanol–water partition coefficient (Wildman–Crippen LogP) is 0.0711. The number of H-pyrrole nitrogens is 1. The first-order chi connectivity index (χ1) is 9.61. The molecule has 1 aliphatic heterocycles. The quantitative estimate of drug-likeness (QED) is 0.776. The van der Waals surface area contributed by atoms with E-state index in [1.807, 2.05) is 0 Å². The third-order valence-corrected chi connectivity index (χ3v) is 5.76. The summed E-state index contributed by atoms with van der Waals surface area (Å²) in [4.78, 5) is 0. The summed E-state index contributed by atoms with van der Waals surface area (Å²) in [5.41, 5.74) is 0.706. The number of nitrogens with one attached hydrogen (secondary N) is 2. The number of hydrogen-bond acceptors (Lipinski definition) is 5. The van der Waals surface area contributed by atoms with E-state index in [0.717, 1.165) is 6.42 Å². The van der Waals surface area contributed by atoms with E-state index in [-0.39, 0.29) is 11.1 Å². The Balaban J connectivity index is 1.75. The molecule has 0 radical (unpaired) electrons. The highest BCUT2D eigenvalue weighted by Gasteiger charge is 2.35. The zero-order valence-electron chi connectivity index (χ0n) is 11.5. The van der Waals surface area contributed by atoms with E-state index in [1.165, 1.54) is 17.1 Å². The van der Waals surface area contributed by atoms with E-state index in [0.29, 0.717) is 31.2 Å². The molecule has 2 aliphatic rings. The fourth-order valence-electron chi connectivity index (χ4n) is 2.43. The molecular weight excluding hydrogens is 280 g/mol. The summed E-state index contributed by atoms with van der Waals surface area (Å²) in [7, 11) is -1.89. The van der Waals surface area contributed by atoms with Crippen LogP contribution in [-0.4, -0.2) is 55.3 Å². The highest BCUT2D eigenvalue weighted by Crippen LogP contribution is 2.24. The Kier molecular flexibility index (Phi) is 3.80. The van der Waals surface area contributed by atoms with Gasteiger partial charge in [0.1, 0.15) is 0 Å². The molecule has 0 aromatic carbocycles. The molecule has 0 bridgehead atoms. The first kappa shape index (κ1) is 14.0. The van der Waals surface area contributed by atoms with Crippen molar-refractivity contribution >= 4 is 10.0 Å². The van der Waals surface area contributed by atoms with Crippen LogP contribution in [0.25, 0.3) is 0 Å². The van der Waals surface area contributed by atoms with Crippen LogP contribution in [0.4, 0.5) is 0 Å². The van der Waals surface area contributed by atoms with Crippen LogP contribution in [0.3, 0.4) is 0 Å². The van der Waals surface area contributed by atoms with Crippen molar-refractivity contribution in [3.05, 3.63) is 11.8 Å². The van der Waals surface area contributed by atoms with E-state index in [1.54, 1.807) is 13.3 Å². The molecular formula is C12H20N4O3S. The second-order valence-electron chi connectivity index (χ2n) is 5.39. The molecule has 2 fully saturated rings. The number of aromatic nitrogens is 2. The number of methoxy groups -OCH3 is 1. The molecule has 0 amide bonds. The lowest BCUT2D eigenvalue weighted by molar-refractivity contribution is 0.115. The lowest BCUT2D eigenvalue weighted by Gasteiger charge is -2.16. The van der Waals surface area contributed by atoms with Gasteiger partial charge in [-0.05, 0) is 19.3 Å². The Morgan fingerprint density at radius 2 is 2.30 bits per heavy atom. The summed E-state index contributed by atoms with van der Waals surface area (Å²) in [5, 5.41) is 10.1. The molecule has 2 N–H and O–H groups in total. The fourth-order valence-corrected chi connectivity index (χ4v) is 4.02. The Morgan fingerprint density at radius 3 is 2.95 bits per heavy atom. The standard InChI is InChI=1S/C12H20N4O3S/c1-19-11-4-5-16(8-11)20(17,18)12-9(7-14-15-12)6-13-10-2-3-10/h7,10-11,13H,2-6,8H2,1H3,(H,14,15). The summed E-state index contributed by atoms with van der Waals surface area (Å²) in [6.45, 7) is 1.44. The zero-order chi connectivity index (χ0) is 14.2. The van der Waals surface area contributed by atoms with Crippen LogP contribution in [0, 0.1) is 0 Å². The lowest BCUT2D eigenvalue weighted by Crippen LogP contribution is -2.31. The van der Waals surface area contributed by atoms with Crippen LogP contribution in [-0.2, 0) is 21.3 Å². The minimum atomic E-state index is -3.50. The molecule has 1 unspecified atom stereocenters. The van der Waals surface area contributed by atoms with Crippen LogP contribution >= 0.6 is 0 Å². The third kappa shape index (κ3) is 2.73. The second kappa shape index (κ2) is 5.44. The Bertz CT molecular complexity index is 567. The summed E-state index contributed by atoms with van der Waals surface area (Å²) in [5.74, 6) is 0. The first-order valence-electron chi connectivity index (χ1n) is 6.90. The van der Waals surface area contributed by atoms with Crippen molar-refractivity contribution in [2.75, 3.05) is 20.2 Å². The number of ether oxygens (including phenoxy) is 1. The molecule has 1 aromatic heterocycles. The summed E-state index contributed by atoms with van der Waals surface area (Å²) < 4.78 is 31.9. The van der Waals surface area contributed by atoms with E-state index in [9.17, 15) is 8.42 Å². The maximum absolute atomic E-state index is 12.6. The number of rotatable bonds is 6. The van der Waals surface area contributed by atoms with E-state index in [2.05, 4.69) is 15.5 Å². The molecule has 7 nitrogen and oxygen atoms in total. The average Bonchev–Trinajstić information content (AvgIpc) is 2.96. The molecule has 112 valence electrons. The van der Waals surface area contributed by atoms with Gasteiger partial charge in [0.15, 0.2) is 5.03 Å². The fraction of sp³-hybridized carbons (Fsp3) is 0.750. The third-order valence-electron chi connectivity index (χ3n) is 3.88. The SMILES string of the molecule is COC1CCN(S(=O)(=O)c2[nH]ncc2CNC2CC2)C1. The van der Waals surface area contributed by atoms with E-state index in [4.69, 9.17) is 4.74 Å². The predicted molar refractivity (Wildman–Crippen MR) is 72.6 cm³/mol. The maximum atomic E-state index is 12.6. The monoisotopic (exact) mass is 300 g/mol. The van der Waals surface area contributed by atoms with Crippen LogP contribution < -0.4 is 5.32 Å². The van der Waals surface area contributed by atoms with E-state index < -0.39 is 10.0 Å². The molecule has 3 rings (SSSR count). The van der Waals surface area contributed by atoms with Crippen LogP contribution in [0.5, 0.6) is 0 Å². The molecule has 0 spiro atoms. The second-order valence-corrected chi connectivity index (χ2v) is 7.26. The normalized spacial score (nSPS) is 24.4. The van der Waals surface area contributed by atoms with Gasteiger partial charge in [-0.2, -0.15) is 9.40 Å².